The van der Waals surface area contributed by atoms with E-state index in [-0.39, 0.29) is 29.9 Å². The zero-order valence-electron chi connectivity index (χ0n) is 16.5. The highest BCUT2D eigenvalue weighted by atomic mass is 16.2. The quantitative estimate of drug-likeness (QED) is 0.808. The number of hydrogen-bond donors (Lipinski definition) is 1. The number of nitrogens with one attached hydrogen (secondary N) is 1. The fraction of sp³-hybridized carbons (Fsp3) is 0.524. The number of hydrogen-bond acceptors (Lipinski definition) is 4. The Morgan fingerprint density at radius 2 is 1.96 bits per heavy atom. The van der Waals surface area contributed by atoms with Gasteiger partial charge < -0.3 is 10.2 Å². The molecule has 0 spiro atoms. The van der Waals surface area contributed by atoms with Crippen molar-refractivity contribution in [1.29, 1.82) is 0 Å². The summed E-state index contributed by atoms with van der Waals surface area (Å²) in [6.07, 6.45) is 10.6. The first kappa shape index (κ1) is 18.7. The number of fused-ring (bicyclic) bond motifs is 3. The summed E-state index contributed by atoms with van der Waals surface area (Å²) in [5, 5.41) is 11.0. The van der Waals surface area contributed by atoms with E-state index in [9.17, 15) is 9.59 Å². The second-order valence-corrected chi connectivity index (χ2v) is 8.16. The first-order valence-corrected chi connectivity index (χ1v) is 10.1. The Balaban J connectivity index is 1.36. The molecule has 0 radical (unpaired) electrons. The van der Waals surface area contributed by atoms with Crippen molar-refractivity contribution in [3.8, 4) is 0 Å². The van der Waals surface area contributed by atoms with Crippen LogP contribution < -0.4 is 5.32 Å². The maximum absolute atomic E-state index is 12.7. The number of nitrogens with zero attached hydrogens (tertiary/aromatic N) is 4. The minimum atomic E-state index is -0.0802. The molecule has 2 aromatic heterocycles. The molecule has 28 heavy (non-hydrogen) atoms. The van der Waals surface area contributed by atoms with E-state index in [0.717, 1.165) is 37.8 Å². The zero-order valence-corrected chi connectivity index (χ0v) is 16.5. The van der Waals surface area contributed by atoms with E-state index in [1.165, 1.54) is 5.57 Å². The van der Waals surface area contributed by atoms with Crippen LogP contribution in [0, 0.1) is 0 Å². The topological polar surface area (TPSA) is 79.6 Å². The molecule has 2 saturated heterocycles. The van der Waals surface area contributed by atoms with Crippen molar-refractivity contribution in [2.75, 3.05) is 0 Å². The van der Waals surface area contributed by atoms with Crippen molar-refractivity contribution in [1.82, 2.24) is 24.8 Å². The molecule has 2 amide bonds. The van der Waals surface area contributed by atoms with E-state index >= 15 is 0 Å². The third kappa shape index (κ3) is 3.79. The van der Waals surface area contributed by atoms with Crippen LogP contribution in [0.5, 0.6) is 0 Å². The third-order valence-corrected chi connectivity index (χ3v) is 5.82. The maximum Gasteiger partial charge on any atom is 0.253 e. The van der Waals surface area contributed by atoms with Crippen molar-refractivity contribution in [2.45, 2.75) is 70.5 Å². The number of piperidine rings is 1. The number of amides is 2. The Hall–Kier alpha value is -2.70. The monoisotopic (exact) mass is 381 g/mol. The Kier molecular flexibility index (Phi) is 5.15. The summed E-state index contributed by atoms with van der Waals surface area (Å²) in [5.41, 5.74) is 2.57. The summed E-state index contributed by atoms with van der Waals surface area (Å²) >= 11 is 0. The van der Waals surface area contributed by atoms with Gasteiger partial charge in [-0.25, -0.2) is 0 Å². The second-order valence-electron chi connectivity index (χ2n) is 8.16. The molecule has 148 valence electrons. The molecule has 2 unspecified atom stereocenters. The van der Waals surface area contributed by atoms with Gasteiger partial charge in [0, 0.05) is 30.7 Å². The third-order valence-electron chi connectivity index (χ3n) is 5.82. The van der Waals surface area contributed by atoms with Gasteiger partial charge in [0.1, 0.15) is 6.33 Å². The van der Waals surface area contributed by atoms with Crippen LogP contribution in [-0.4, -0.2) is 49.4 Å². The average Bonchev–Trinajstić information content (AvgIpc) is 3.23. The van der Waals surface area contributed by atoms with Crippen molar-refractivity contribution < 1.29 is 9.59 Å². The Morgan fingerprint density at radius 3 is 2.68 bits per heavy atom. The van der Waals surface area contributed by atoms with Crippen molar-refractivity contribution in [3.63, 3.8) is 0 Å². The standard InChI is InChI=1S/C21H27N5O2/c1-14(2)4-3-5-20(27)26-17-7-8-18(26)11-16(10-17)23-21(28)15-6-9-19-24-22-13-25(19)12-15/h4,6,9,12-13,16-18H,3,5,7-8,10-11H2,1-2H3,(H,23,28). The van der Waals surface area contributed by atoms with Crippen LogP contribution in [0.15, 0.2) is 36.3 Å². The summed E-state index contributed by atoms with van der Waals surface area (Å²) in [7, 11) is 0. The number of carbonyl (C=O) groups excluding carboxylic acids is 2. The molecule has 0 aromatic carbocycles. The van der Waals surface area contributed by atoms with Gasteiger partial charge in [-0.3, -0.25) is 14.0 Å². The summed E-state index contributed by atoms with van der Waals surface area (Å²) in [5.74, 6) is 0.177. The lowest BCUT2D eigenvalue weighted by Gasteiger charge is -2.39. The van der Waals surface area contributed by atoms with Gasteiger partial charge in [-0.1, -0.05) is 11.6 Å². The van der Waals surface area contributed by atoms with Gasteiger partial charge in [0.05, 0.1) is 5.56 Å². The highest BCUT2D eigenvalue weighted by Gasteiger charge is 2.43. The summed E-state index contributed by atoms with van der Waals surface area (Å²) < 4.78 is 1.74. The van der Waals surface area contributed by atoms with Gasteiger partial charge >= 0.3 is 0 Å². The number of aromatic nitrogens is 3. The van der Waals surface area contributed by atoms with Crippen LogP contribution in [0.2, 0.25) is 0 Å². The van der Waals surface area contributed by atoms with Crippen molar-refractivity contribution >= 4 is 17.5 Å². The molecule has 0 saturated carbocycles. The van der Waals surface area contributed by atoms with Crippen molar-refractivity contribution in [2.24, 2.45) is 0 Å². The van der Waals surface area contributed by atoms with Crippen molar-refractivity contribution in [3.05, 3.63) is 41.9 Å². The highest BCUT2D eigenvalue weighted by molar-refractivity contribution is 5.94. The molecule has 2 bridgehead atoms. The predicted molar refractivity (Wildman–Crippen MR) is 106 cm³/mol. The largest absolute Gasteiger partial charge is 0.349 e. The van der Waals surface area contributed by atoms with E-state index < -0.39 is 0 Å². The van der Waals surface area contributed by atoms with Gasteiger partial charge in [-0.15, -0.1) is 10.2 Å². The van der Waals surface area contributed by atoms with Gasteiger partial charge in [0.25, 0.3) is 5.91 Å². The molecule has 0 aliphatic carbocycles. The molecule has 7 heteroatoms. The molecule has 2 aliphatic rings. The highest BCUT2D eigenvalue weighted by Crippen LogP contribution is 2.36. The normalized spacial score (nSPS) is 23.6. The van der Waals surface area contributed by atoms with Gasteiger partial charge in [-0.05, 0) is 58.1 Å². The predicted octanol–water partition coefficient (Wildman–Crippen LogP) is 2.73. The summed E-state index contributed by atoms with van der Waals surface area (Å²) in [6, 6.07) is 4.19. The van der Waals surface area contributed by atoms with Gasteiger partial charge in [0.15, 0.2) is 5.65 Å². The first-order valence-electron chi connectivity index (χ1n) is 10.1. The lowest BCUT2D eigenvalue weighted by molar-refractivity contribution is -0.135. The fourth-order valence-electron chi connectivity index (χ4n) is 4.55. The SMILES string of the molecule is CC(C)=CCCC(=O)N1C2CCC1CC(NC(=O)c1ccc3nncn3c1)C2. The smallest absolute Gasteiger partial charge is 0.253 e. The minimum absolute atomic E-state index is 0.0802. The molecule has 2 aromatic rings. The molecule has 2 fully saturated rings. The molecule has 4 heterocycles. The fourth-order valence-corrected chi connectivity index (χ4v) is 4.55. The van der Waals surface area contributed by atoms with Gasteiger partial charge in [0.2, 0.25) is 5.91 Å². The molecular weight excluding hydrogens is 354 g/mol. The lowest BCUT2D eigenvalue weighted by Crippen LogP contribution is -2.52. The van der Waals surface area contributed by atoms with Crippen LogP contribution in [0.25, 0.3) is 5.65 Å². The van der Waals surface area contributed by atoms with Crippen LogP contribution in [0.4, 0.5) is 0 Å². The first-order chi connectivity index (χ1) is 13.5. The maximum atomic E-state index is 12.7. The number of allylic oxidation sites excluding steroid dienone is 2. The Morgan fingerprint density at radius 1 is 1.21 bits per heavy atom. The van der Waals surface area contributed by atoms with E-state index in [1.807, 2.05) is 0 Å². The average molecular weight is 381 g/mol. The summed E-state index contributed by atoms with van der Waals surface area (Å²) in [6.45, 7) is 4.12. The summed E-state index contributed by atoms with van der Waals surface area (Å²) in [4.78, 5) is 27.5. The molecule has 4 rings (SSSR count). The van der Waals surface area contributed by atoms with Gasteiger partial charge in [-0.2, -0.15) is 0 Å². The van der Waals surface area contributed by atoms with Crippen LogP contribution in [0.1, 0.15) is 62.7 Å². The lowest BCUT2D eigenvalue weighted by atomic mass is 9.96. The molecule has 2 aliphatic heterocycles. The second kappa shape index (κ2) is 7.73. The zero-order chi connectivity index (χ0) is 19.7. The van der Waals surface area contributed by atoms with Crippen LogP contribution >= 0.6 is 0 Å². The van der Waals surface area contributed by atoms with E-state index in [4.69, 9.17) is 0 Å². The Labute approximate surface area is 164 Å². The molecule has 1 N–H and O–H groups in total. The molecule has 7 nitrogen and oxygen atoms in total. The molecular formula is C21H27N5O2. The Bertz CT molecular complexity index is 900. The van der Waals surface area contributed by atoms with E-state index in [2.05, 4.69) is 40.3 Å². The van der Waals surface area contributed by atoms with E-state index in [1.54, 1.807) is 29.1 Å². The number of carbonyl (C=O) groups is 2. The van der Waals surface area contributed by atoms with E-state index in [0.29, 0.717) is 12.0 Å². The molecule has 2 atom stereocenters. The minimum Gasteiger partial charge on any atom is -0.349 e. The van der Waals surface area contributed by atoms with Crippen LogP contribution in [-0.2, 0) is 4.79 Å². The van der Waals surface area contributed by atoms with Crippen LogP contribution in [0.3, 0.4) is 0 Å². The number of pyridine rings is 1. The number of rotatable bonds is 5.